The molecular weight excluding hydrogens is 188 g/mol. The molecule has 1 aromatic carbocycles. The summed E-state index contributed by atoms with van der Waals surface area (Å²) in [5.41, 5.74) is 2.60. The van der Waals surface area contributed by atoms with E-state index in [4.69, 9.17) is 9.47 Å². The highest BCUT2D eigenvalue weighted by atomic mass is 16.5. The van der Waals surface area contributed by atoms with Crippen molar-refractivity contribution in [2.24, 2.45) is 0 Å². The summed E-state index contributed by atoms with van der Waals surface area (Å²) in [6, 6.07) is 4.14. The molecule has 0 saturated carbocycles. The van der Waals surface area contributed by atoms with Crippen molar-refractivity contribution >= 4 is 6.08 Å². The summed E-state index contributed by atoms with van der Waals surface area (Å²) in [5, 5.41) is 0. The molecule has 2 rings (SSSR count). The number of hydrogen-bond acceptors (Lipinski definition) is 2. The predicted octanol–water partition coefficient (Wildman–Crippen LogP) is 3.05. The highest BCUT2D eigenvalue weighted by Gasteiger charge is 2.10. The van der Waals surface area contributed by atoms with Crippen molar-refractivity contribution in [3.8, 4) is 11.5 Å². The van der Waals surface area contributed by atoms with Gasteiger partial charge in [0.15, 0.2) is 11.5 Å². The maximum Gasteiger partial charge on any atom is 0.161 e. The Morgan fingerprint density at radius 2 is 1.80 bits per heavy atom. The third-order valence-corrected chi connectivity index (χ3v) is 2.76. The Kier molecular flexibility index (Phi) is 2.95. The molecule has 0 atom stereocenters. The lowest BCUT2D eigenvalue weighted by molar-refractivity contribution is 0.354. The van der Waals surface area contributed by atoms with Crippen LogP contribution in [0.15, 0.2) is 18.2 Å². The zero-order valence-electron chi connectivity index (χ0n) is 9.25. The molecule has 0 fully saturated rings. The first-order chi connectivity index (χ1) is 7.35. The first-order valence-corrected chi connectivity index (χ1v) is 5.26. The largest absolute Gasteiger partial charge is 0.493 e. The van der Waals surface area contributed by atoms with Crippen LogP contribution in [0.1, 0.15) is 24.0 Å². The SMILES string of the molecule is COc1cc2c(cc1OC)CCCC=C2. The van der Waals surface area contributed by atoms with Gasteiger partial charge in [0.25, 0.3) is 0 Å². The molecule has 1 aliphatic carbocycles. The van der Waals surface area contributed by atoms with Crippen molar-refractivity contribution in [3.63, 3.8) is 0 Å². The van der Waals surface area contributed by atoms with Crippen LogP contribution in [0.3, 0.4) is 0 Å². The molecule has 0 amide bonds. The molecule has 2 nitrogen and oxygen atoms in total. The standard InChI is InChI=1S/C13H16O2/c1-14-12-8-10-6-4-3-5-7-11(10)9-13(12)15-2/h4,6,8-9H,3,5,7H2,1-2H3. The lowest BCUT2D eigenvalue weighted by Crippen LogP contribution is -1.95. The lowest BCUT2D eigenvalue weighted by Gasteiger charge is -2.11. The van der Waals surface area contributed by atoms with Crippen molar-refractivity contribution in [1.29, 1.82) is 0 Å². The van der Waals surface area contributed by atoms with Gasteiger partial charge in [-0.05, 0) is 42.5 Å². The van der Waals surface area contributed by atoms with E-state index >= 15 is 0 Å². The van der Waals surface area contributed by atoms with Crippen LogP contribution in [-0.2, 0) is 6.42 Å². The first kappa shape index (κ1) is 10.1. The summed E-state index contributed by atoms with van der Waals surface area (Å²) in [5.74, 6) is 1.63. The van der Waals surface area contributed by atoms with Crippen molar-refractivity contribution in [3.05, 3.63) is 29.3 Å². The highest BCUT2D eigenvalue weighted by molar-refractivity contribution is 5.61. The Balaban J connectivity index is 2.48. The average molecular weight is 204 g/mol. The molecule has 0 spiro atoms. The lowest BCUT2D eigenvalue weighted by atomic mass is 10.0. The molecule has 0 aromatic heterocycles. The Bertz CT molecular complexity index is 380. The van der Waals surface area contributed by atoms with Crippen LogP contribution < -0.4 is 9.47 Å². The van der Waals surface area contributed by atoms with Crippen LogP contribution in [0.4, 0.5) is 0 Å². The number of ether oxygens (including phenoxy) is 2. The fourth-order valence-electron chi connectivity index (χ4n) is 1.93. The predicted molar refractivity (Wildman–Crippen MR) is 61.5 cm³/mol. The van der Waals surface area contributed by atoms with E-state index in [9.17, 15) is 0 Å². The second kappa shape index (κ2) is 4.39. The van der Waals surface area contributed by atoms with Gasteiger partial charge in [-0.15, -0.1) is 0 Å². The summed E-state index contributed by atoms with van der Waals surface area (Å²) in [6.45, 7) is 0. The molecule has 0 saturated heterocycles. The highest BCUT2D eigenvalue weighted by Crippen LogP contribution is 2.32. The number of allylic oxidation sites excluding steroid dienone is 1. The topological polar surface area (TPSA) is 18.5 Å². The van der Waals surface area contributed by atoms with Gasteiger partial charge in [0.1, 0.15) is 0 Å². The third-order valence-electron chi connectivity index (χ3n) is 2.76. The number of aryl methyl sites for hydroxylation is 1. The van der Waals surface area contributed by atoms with Crippen molar-refractivity contribution in [2.75, 3.05) is 14.2 Å². The molecule has 0 aliphatic heterocycles. The van der Waals surface area contributed by atoms with E-state index in [1.807, 2.05) is 0 Å². The van der Waals surface area contributed by atoms with E-state index in [1.54, 1.807) is 14.2 Å². The quantitative estimate of drug-likeness (QED) is 0.737. The minimum Gasteiger partial charge on any atom is -0.493 e. The Hall–Kier alpha value is -1.44. The average Bonchev–Trinajstić information content (AvgIpc) is 2.51. The zero-order chi connectivity index (χ0) is 10.7. The van der Waals surface area contributed by atoms with Gasteiger partial charge in [-0.3, -0.25) is 0 Å². The molecule has 0 N–H and O–H groups in total. The van der Waals surface area contributed by atoms with Crippen LogP contribution >= 0.6 is 0 Å². The second-order valence-electron chi connectivity index (χ2n) is 3.70. The van der Waals surface area contributed by atoms with Crippen LogP contribution in [0.2, 0.25) is 0 Å². The van der Waals surface area contributed by atoms with Gasteiger partial charge >= 0.3 is 0 Å². The van der Waals surface area contributed by atoms with Crippen LogP contribution in [0, 0.1) is 0 Å². The van der Waals surface area contributed by atoms with Gasteiger partial charge in [0.2, 0.25) is 0 Å². The molecule has 2 heteroatoms. The number of rotatable bonds is 2. The first-order valence-electron chi connectivity index (χ1n) is 5.26. The molecular formula is C13H16O2. The summed E-state index contributed by atoms with van der Waals surface area (Å²) in [7, 11) is 3.35. The van der Waals surface area contributed by atoms with Crippen LogP contribution in [0.5, 0.6) is 11.5 Å². The third kappa shape index (κ3) is 1.99. The minimum atomic E-state index is 0.808. The van der Waals surface area contributed by atoms with Gasteiger partial charge < -0.3 is 9.47 Å². The smallest absolute Gasteiger partial charge is 0.161 e. The number of benzene rings is 1. The molecule has 1 aromatic rings. The van der Waals surface area contributed by atoms with Crippen molar-refractivity contribution in [1.82, 2.24) is 0 Å². The van der Waals surface area contributed by atoms with E-state index in [-0.39, 0.29) is 0 Å². The monoisotopic (exact) mass is 204 g/mol. The van der Waals surface area contributed by atoms with E-state index in [1.165, 1.54) is 17.5 Å². The van der Waals surface area contributed by atoms with Crippen LogP contribution in [0.25, 0.3) is 6.08 Å². The Morgan fingerprint density at radius 1 is 1.07 bits per heavy atom. The molecule has 0 radical (unpaired) electrons. The van der Waals surface area contributed by atoms with E-state index < -0.39 is 0 Å². The number of hydrogen-bond donors (Lipinski definition) is 0. The number of fused-ring (bicyclic) bond motifs is 1. The van der Waals surface area contributed by atoms with E-state index in [2.05, 4.69) is 24.3 Å². The molecule has 15 heavy (non-hydrogen) atoms. The maximum absolute atomic E-state index is 5.29. The molecule has 0 bridgehead atoms. The van der Waals surface area contributed by atoms with E-state index in [0.29, 0.717) is 0 Å². The normalized spacial score (nSPS) is 14.3. The second-order valence-corrected chi connectivity index (χ2v) is 3.70. The van der Waals surface area contributed by atoms with Crippen molar-refractivity contribution < 1.29 is 9.47 Å². The Labute approximate surface area is 90.5 Å². The Morgan fingerprint density at radius 3 is 2.53 bits per heavy atom. The fraction of sp³-hybridized carbons (Fsp3) is 0.385. The van der Waals surface area contributed by atoms with Gasteiger partial charge in [-0.1, -0.05) is 12.2 Å². The maximum atomic E-state index is 5.29. The van der Waals surface area contributed by atoms with E-state index in [0.717, 1.165) is 24.3 Å². The summed E-state index contributed by atoms with van der Waals surface area (Å²) in [6.07, 6.45) is 7.86. The molecule has 0 unspecified atom stereocenters. The van der Waals surface area contributed by atoms with Crippen molar-refractivity contribution in [2.45, 2.75) is 19.3 Å². The molecule has 1 aliphatic rings. The van der Waals surface area contributed by atoms with Gasteiger partial charge in [0, 0.05) is 0 Å². The fourth-order valence-corrected chi connectivity index (χ4v) is 1.93. The molecule has 0 heterocycles. The molecule has 80 valence electrons. The number of methoxy groups -OCH3 is 2. The summed E-state index contributed by atoms with van der Waals surface area (Å²) >= 11 is 0. The van der Waals surface area contributed by atoms with Gasteiger partial charge in [-0.25, -0.2) is 0 Å². The summed E-state index contributed by atoms with van der Waals surface area (Å²) in [4.78, 5) is 0. The summed E-state index contributed by atoms with van der Waals surface area (Å²) < 4.78 is 10.6. The van der Waals surface area contributed by atoms with Gasteiger partial charge in [0.05, 0.1) is 14.2 Å². The minimum absolute atomic E-state index is 0.808. The zero-order valence-corrected chi connectivity index (χ0v) is 9.25. The van der Waals surface area contributed by atoms with Gasteiger partial charge in [-0.2, -0.15) is 0 Å². The van der Waals surface area contributed by atoms with Crippen LogP contribution in [-0.4, -0.2) is 14.2 Å².